The molecule has 1 aliphatic heterocycles. The SMILES string of the molecule is CCCC(=O)OCN(C(=O)[C@@H](NC(=O)[C@H]1CCCCN1C)[C@H](C)CC)[C@H](C[C@@H](OC(C)=O)c1nc(C(=O)C[C@@H](Cc2ccc(O)cc2)C[C@H](C)C(=O)NCC(=O)OCCSSCCCCCCCCCCCNC(=O)CCCC(=O)OCC(OC)OC(CC)CO)cs1)C(C)C. The number of hydrogen-bond acceptors (Lipinski definition) is 22. The van der Waals surface area contributed by atoms with Crippen LogP contribution in [0.3, 0.4) is 0 Å². The second-order valence-corrected chi connectivity index (χ2v) is 29.0. The summed E-state index contributed by atoms with van der Waals surface area (Å²) in [6, 6.07) is 4.57. The summed E-state index contributed by atoms with van der Waals surface area (Å²) in [6.07, 6.45) is 13.6. The molecule has 2 heterocycles. The Hall–Kier alpha value is -5.38. The molecular formula is C70H114N6O17S3. The monoisotopic (exact) mass is 1410 g/mol. The largest absolute Gasteiger partial charge is 0.508 e. The van der Waals surface area contributed by atoms with Gasteiger partial charge in [0.15, 0.2) is 24.9 Å². The van der Waals surface area contributed by atoms with Crippen molar-refractivity contribution in [1.29, 1.82) is 0 Å². The minimum atomic E-state index is -1.02. The van der Waals surface area contributed by atoms with Crippen LogP contribution in [0.5, 0.6) is 5.75 Å². The first-order valence-electron chi connectivity index (χ1n) is 34.8. The van der Waals surface area contributed by atoms with Gasteiger partial charge in [-0.25, -0.2) is 4.98 Å². The first kappa shape index (κ1) is 84.8. The van der Waals surface area contributed by atoms with Gasteiger partial charge in [-0.05, 0) is 107 Å². The molecule has 0 saturated carbocycles. The molecule has 9 atom stereocenters. The van der Waals surface area contributed by atoms with Crippen LogP contribution in [-0.4, -0.2) is 181 Å². The van der Waals surface area contributed by atoms with Gasteiger partial charge in [0.05, 0.1) is 18.8 Å². The van der Waals surface area contributed by atoms with Crippen molar-refractivity contribution in [3.05, 3.63) is 45.9 Å². The first-order chi connectivity index (χ1) is 46.0. The number of methoxy groups -OCH3 is 1. The Morgan fingerprint density at radius 1 is 0.792 bits per heavy atom. The average molecular weight is 1410 g/mol. The molecule has 2 aromatic rings. The quantitative estimate of drug-likeness (QED) is 0.0103. The van der Waals surface area contributed by atoms with E-state index < -0.39 is 79.1 Å². The lowest BCUT2D eigenvalue weighted by atomic mass is 9.85. The van der Waals surface area contributed by atoms with Crippen LogP contribution in [0.1, 0.15) is 224 Å². The molecule has 23 nitrogen and oxygen atoms in total. The van der Waals surface area contributed by atoms with Gasteiger partial charge in [-0.1, -0.05) is 140 Å². The molecule has 5 N–H and O–H groups in total. The zero-order valence-corrected chi connectivity index (χ0v) is 61.3. The number of phenolic OH excluding ortho intramolecular Hbond substituents is 1. The highest BCUT2D eigenvalue weighted by atomic mass is 33.1. The van der Waals surface area contributed by atoms with E-state index in [-0.39, 0.29) is 118 Å². The Morgan fingerprint density at radius 3 is 2.10 bits per heavy atom. The number of aliphatic hydroxyl groups is 1. The van der Waals surface area contributed by atoms with E-state index >= 15 is 0 Å². The normalized spacial score (nSPS) is 15.8. The van der Waals surface area contributed by atoms with Crippen molar-refractivity contribution in [2.75, 3.05) is 71.8 Å². The van der Waals surface area contributed by atoms with E-state index in [0.717, 1.165) is 80.6 Å². The fourth-order valence-corrected chi connectivity index (χ4v) is 14.0. The summed E-state index contributed by atoms with van der Waals surface area (Å²) >= 11 is 1.13. The van der Waals surface area contributed by atoms with Crippen LogP contribution in [-0.2, 0) is 73.2 Å². The number of piperidine rings is 1. The number of aromatic hydroxyl groups is 1. The van der Waals surface area contributed by atoms with Gasteiger partial charge in [-0.3, -0.25) is 48.1 Å². The number of hydrogen-bond donors (Lipinski definition) is 5. The Balaban J connectivity index is 1.44. The number of ether oxygens (including phenoxy) is 6. The van der Waals surface area contributed by atoms with Crippen LogP contribution in [0.4, 0.5) is 0 Å². The van der Waals surface area contributed by atoms with E-state index in [9.17, 15) is 53.4 Å². The van der Waals surface area contributed by atoms with Crippen molar-refractivity contribution in [2.45, 2.75) is 240 Å². The third-order valence-electron chi connectivity index (χ3n) is 17.1. The van der Waals surface area contributed by atoms with Gasteiger partial charge in [-0.15, -0.1) is 11.3 Å². The number of aromatic nitrogens is 1. The molecule has 3 rings (SSSR count). The number of carbonyl (C=O) groups excluding carboxylic acids is 9. The Kier molecular flexibility index (Phi) is 43.5. The number of thiazole rings is 1. The minimum absolute atomic E-state index is 0.0137. The minimum Gasteiger partial charge on any atom is -0.508 e. The number of nitrogens with one attached hydrogen (secondary N) is 3. The van der Waals surface area contributed by atoms with E-state index in [0.29, 0.717) is 55.8 Å². The number of phenols is 1. The lowest BCUT2D eigenvalue weighted by Crippen LogP contribution is -2.59. The zero-order valence-electron chi connectivity index (χ0n) is 58.9. The van der Waals surface area contributed by atoms with Gasteiger partial charge in [0.2, 0.25) is 23.6 Å². The molecule has 1 aromatic carbocycles. The molecule has 2 unspecified atom stereocenters. The second-order valence-electron chi connectivity index (χ2n) is 25.4. The summed E-state index contributed by atoms with van der Waals surface area (Å²) in [7, 11) is 6.73. The number of Topliss-reactive ketones (excluding diaryl/α,β-unsaturated/α-hetero) is 1. The number of esters is 4. The maximum absolute atomic E-state index is 15.0. The number of carbonyl (C=O) groups is 9. The standard InChI is InChI=1S/C70H114N6O17S3/c1-11-26-62(82)91-47-76(70(87)66(49(6)12-2)74-68(86)57-27-21-23-35-75(57)9)58(48(4)5)42-60(92-51(8)78)69-73-56(46-94-69)59(80)41-53(40-52-30-32-54(79)33-31-52)39-50(7)67(85)72-43-64(84)89-36-38-96-95-37-24-20-18-16-14-15-17-19-22-34-71-61(81)28-25-29-63(83)90-45-65(88-10)93-55(13-3)44-77/h30-33,46,48-50,53,55,57-58,60,65-66,77,79H,11-29,34-45,47H2,1-10H3,(H,71,81)(H,72,85)(H,74,86)/t49-,50+,53-,55?,57-,58-,60-,65?,66+/m1/s1. The van der Waals surface area contributed by atoms with Crippen LogP contribution in [0, 0.1) is 23.7 Å². The molecule has 0 bridgehead atoms. The smallest absolute Gasteiger partial charge is 0.325 e. The fraction of sp³-hybridized carbons (Fsp3) is 0.743. The van der Waals surface area contributed by atoms with E-state index in [1.165, 1.54) is 38.2 Å². The summed E-state index contributed by atoms with van der Waals surface area (Å²) in [4.78, 5) is 128. The predicted molar refractivity (Wildman–Crippen MR) is 374 cm³/mol. The summed E-state index contributed by atoms with van der Waals surface area (Å²) in [5.74, 6) is -3.43. The average Bonchev–Trinajstić information content (AvgIpc) is 1.19. The Labute approximate surface area is 582 Å². The molecule has 1 aromatic heterocycles. The number of aliphatic hydroxyl groups excluding tert-OH is 1. The molecule has 0 spiro atoms. The molecule has 26 heteroatoms. The number of benzene rings is 1. The highest BCUT2D eigenvalue weighted by Crippen LogP contribution is 2.33. The number of amides is 4. The molecule has 1 fully saturated rings. The zero-order chi connectivity index (χ0) is 70.8. The summed E-state index contributed by atoms with van der Waals surface area (Å²) in [5, 5.41) is 29.9. The summed E-state index contributed by atoms with van der Waals surface area (Å²) < 4.78 is 33.0. The van der Waals surface area contributed by atoms with E-state index in [4.69, 9.17) is 33.4 Å². The molecule has 1 saturated heterocycles. The summed E-state index contributed by atoms with van der Waals surface area (Å²) in [5.41, 5.74) is 0.961. The van der Waals surface area contributed by atoms with Crippen LogP contribution in [0.15, 0.2) is 29.6 Å². The Morgan fingerprint density at radius 2 is 1.47 bits per heavy atom. The van der Waals surface area contributed by atoms with Crippen LogP contribution < -0.4 is 16.0 Å². The number of unbranched alkanes of at least 4 members (excludes halogenated alkanes) is 8. The maximum Gasteiger partial charge on any atom is 0.325 e. The first-order valence-corrected chi connectivity index (χ1v) is 38.2. The van der Waals surface area contributed by atoms with Crippen molar-refractivity contribution in [3.8, 4) is 5.75 Å². The molecule has 0 radical (unpaired) electrons. The Bertz CT molecular complexity index is 2610. The van der Waals surface area contributed by atoms with Crippen molar-refractivity contribution in [3.63, 3.8) is 0 Å². The summed E-state index contributed by atoms with van der Waals surface area (Å²) in [6.45, 7) is 15.0. The predicted octanol–water partition coefficient (Wildman–Crippen LogP) is 10.6. The van der Waals surface area contributed by atoms with Gasteiger partial charge < -0.3 is 59.5 Å². The molecule has 4 amide bonds. The van der Waals surface area contributed by atoms with E-state index in [1.807, 2.05) is 53.5 Å². The number of nitrogens with zero attached hydrogens (tertiary/aromatic N) is 3. The van der Waals surface area contributed by atoms with Gasteiger partial charge in [0, 0.05) is 81.5 Å². The van der Waals surface area contributed by atoms with Crippen LogP contribution >= 0.6 is 32.9 Å². The van der Waals surface area contributed by atoms with Crippen molar-refractivity contribution < 1.29 is 81.8 Å². The van der Waals surface area contributed by atoms with Crippen LogP contribution in [0.2, 0.25) is 0 Å². The molecule has 544 valence electrons. The fourth-order valence-electron chi connectivity index (χ4n) is 11.2. The second kappa shape index (κ2) is 49.2. The maximum atomic E-state index is 15.0. The van der Waals surface area contributed by atoms with E-state index in [1.54, 1.807) is 58.2 Å². The van der Waals surface area contributed by atoms with E-state index in [2.05, 4.69) is 16.0 Å². The van der Waals surface area contributed by atoms with Gasteiger partial charge in [0.25, 0.3) is 0 Å². The molecule has 96 heavy (non-hydrogen) atoms. The molecule has 1 aliphatic rings. The molecule has 0 aliphatic carbocycles. The lowest BCUT2D eigenvalue weighted by Gasteiger charge is -2.39. The van der Waals surface area contributed by atoms with Gasteiger partial charge in [-0.2, -0.15) is 0 Å². The third kappa shape index (κ3) is 34.4. The third-order valence-corrected chi connectivity index (χ3v) is 20.5. The number of likely N-dealkylation sites (N-methyl/N-ethyl adjacent to an activating group) is 1. The number of likely N-dealkylation sites (tertiary alicyclic amines) is 1. The van der Waals surface area contributed by atoms with Gasteiger partial charge >= 0.3 is 23.9 Å². The topological polar surface area (TPSA) is 305 Å². The van der Waals surface area contributed by atoms with Crippen LogP contribution in [0.25, 0.3) is 0 Å². The lowest BCUT2D eigenvalue weighted by molar-refractivity contribution is -0.194. The van der Waals surface area contributed by atoms with Gasteiger partial charge in [0.1, 0.15) is 42.3 Å². The highest BCUT2D eigenvalue weighted by Gasteiger charge is 2.40. The van der Waals surface area contributed by atoms with Crippen molar-refractivity contribution >= 4 is 86.2 Å². The number of ketones is 1. The number of rotatable bonds is 52. The van der Waals surface area contributed by atoms with Crippen molar-refractivity contribution in [2.24, 2.45) is 23.7 Å². The molecular weight excluding hydrogens is 1290 g/mol. The van der Waals surface area contributed by atoms with Crippen molar-refractivity contribution in [1.82, 2.24) is 30.7 Å². The highest BCUT2D eigenvalue weighted by molar-refractivity contribution is 8.76.